The Morgan fingerprint density at radius 3 is 2.35 bits per heavy atom. The molecule has 107 valence electrons. The second-order valence-corrected chi connectivity index (χ2v) is 5.11. The molecule has 1 saturated heterocycles. The number of hydrogen-bond acceptors (Lipinski definition) is 4. The van der Waals surface area contributed by atoms with E-state index in [-0.39, 0.29) is 5.91 Å². The summed E-state index contributed by atoms with van der Waals surface area (Å²) in [6, 6.07) is 7.77. The molecule has 1 aromatic rings. The van der Waals surface area contributed by atoms with E-state index in [1.54, 1.807) is 0 Å². The standard InChI is InChI=1S/C15H20N3O2/c1-13-2-4-14(5-3-13)16-15(20)12-18-8-6-17(7-9-18)10-11-19/h2-5H,6-10,12H2,1H3,(H,16,20). The zero-order valence-electron chi connectivity index (χ0n) is 11.8. The first-order chi connectivity index (χ1) is 9.67. The number of rotatable bonds is 5. The summed E-state index contributed by atoms with van der Waals surface area (Å²) in [6.45, 7) is 6.02. The molecule has 0 bridgehead atoms. The summed E-state index contributed by atoms with van der Waals surface area (Å²) in [4.78, 5) is 26.4. The van der Waals surface area contributed by atoms with Gasteiger partial charge in [0.1, 0.15) is 0 Å². The summed E-state index contributed by atoms with van der Waals surface area (Å²) < 4.78 is 0. The maximum Gasteiger partial charge on any atom is 0.238 e. The molecule has 1 heterocycles. The first-order valence-corrected chi connectivity index (χ1v) is 6.83. The lowest BCUT2D eigenvalue weighted by atomic mass is 10.2. The first kappa shape index (κ1) is 14.7. The van der Waals surface area contributed by atoms with Crippen molar-refractivity contribution in [3.05, 3.63) is 29.8 Å². The van der Waals surface area contributed by atoms with Crippen LogP contribution in [0.3, 0.4) is 0 Å². The zero-order chi connectivity index (χ0) is 14.4. The van der Waals surface area contributed by atoms with Crippen LogP contribution in [0.5, 0.6) is 0 Å². The number of piperazine rings is 1. The Bertz CT molecular complexity index is 451. The van der Waals surface area contributed by atoms with Crippen molar-refractivity contribution in [2.45, 2.75) is 6.92 Å². The van der Waals surface area contributed by atoms with Crippen LogP contribution < -0.4 is 5.32 Å². The fourth-order valence-corrected chi connectivity index (χ4v) is 2.24. The van der Waals surface area contributed by atoms with Crippen molar-refractivity contribution in [2.24, 2.45) is 0 Å². The first-order valence-electron chi connectivity index (χ1n) is 6.83. The number of carbonyl (C=O) groups is 1. The van der Waals surface area contributed by atoms with Crippen LogP contribution >= 0.6 is 0 Å². The van der Waals surface area contributed by atoms with Gasteiger partial charge < -0.3 is 5.32 Å². The molecular weight excluding hydrogens is 254 g/mol. The molecule has 1 radical (unpaired) electrons. The second-order valence-electron chi connectivity index (χ2n) is 5.11. The van der Waals surface area contributed by atoms with E-state index in [9.17, 15) is 9.59 Å². The molecule has 0 unspecified atom stereocenters. The van der Waals surface area contributed by atoms with Crippen LogP contribution in [-0.4, -0.2) is 61.3 Å². The van der Waals surface area contributed by atoms with Gasteiger partial charge >= 0.3 is 0 Å². The van der Waals surface area contributed by atoms with E-state index in [1.807, 2.05) is 42.4 Å². The Balaban J connectivity index is 1.75. The summed E-state index contributed by atoms with van der Waals surface area (Å²) in [6.07, 6.45) is 1.91. The predicted molar refractivity (Wildman–Crippen MR) is 78.4 cm³/mol. The van der Waals surface area contributed by atoms with Crippen molar-refractivity contribution in [3.8, 4) is 0 Å². The lowest BCUT2D eigenvalue weighted by Gasteiger charge is -2.32. The van der Waals surface area contributed by atoms with Gasteiger partial charge in [0.2, 0.25) is 12.2 Å². The van der Waals surface area contributed by atoms with E-state index in [1.165, 1.54) is 5.56 Å². The molecule has 5 heteroatoms. The minimum Gasteiger partial charge on any atom is -0.325 e. The number of anilines is 1. The maximum atomic E-state index is 11.9. The zero-order valence-corrected chi connectivity index (χ0v) is 11.8. The minimum absolute atomic E-state index is 0.00394. The van der Waals surface area contributed by atoms with Crippen LogP contribution in [0.4, 0.5) is 5.69 Å². The lowest BCUT2D eigenvalue weighted by Crippen LogP contribution is -2.48. The molecule has 0 spiro atoms. The predicted octanol–water partition coefficient (Wildman–Crippen LogP) is 0.661. The van der Waals surface area contributed by atoms with Crippen LogP contribution in [0, 0.1) is 6.92 Å². The highest BCUT2D eigenvalue weighted by Crippen LogP contribution is 2.09. The number of hydrogen-bond donors (Lipinski definition) is 1. The van der Waals surface area contributed by atoms with Crippen LogP contribution in [0.25, 0.3) is 0 Å². The SMILES string of the molecule is Cc1ccc(NC(=O)CN2CCN(C[C]=O)CC2)cc1. The van der Waals surface area contributed by atoms with Crippen LogP contribution in [-0.2, 0) is 9.59 Å². The number of aryl methyl sites for hydroxylation is 1. The Hall–Kier alpha value is -1.72. The summed E-state index contributed by atoms with van der Waals surface area (Å²) in [7, 11) is 0. The maximum absolute atomic E-state index is 11.9. The molecule has 1 amide bonds. The summed E-state index contributed by atoms with van der Waals surface area (Å²) in [5.74, 6) is 0.00394. The number of nitrogens with zero attached hydrogens (tertiary/aromatic N) is 2. The topological polar surface area (TPSA) is 52.7 Å². The largest absolute Gasteiger partial charge is 0.325 e. The van der Waals surface area contributed by atoms with E-state index in [2.05, 4.69) is 10.2 Å². The van der Waals surface area contributed by atoms with Crippen LogP contribution in [0.15, 0.2) is 24.3 Å². The molecular formula is C15H20N3O2. The van der Waals surface area contributed by atoms with E-state index in [4.69, 9.17) is 0 Å². The highest BCUT2D eigenvalue weighted by atomic mass is 16.2. The van der Waals surface area contributed by atoms with Crippen molar-refractivity contribution in [1.29, 1.82) is 0 Å². The van der Waals surface area contributed by atoms with Gasteiger partial charge in [-0.05, 0) is 19.1 Å². The fourth-order valence-electron chi connectivity index (χ4n) is 2.24. The lowest BCUT2D eigenvalue weighted by molar-refractivity contribution is -0.117. The van der Waals surface area contributed by atoms with E-state index in [0.29, 0.717) is 13.1 Å². The van der Waals surface area contributed by atoms with Gasteiger partial charge in [0.05, 0.1) is 13.1 Å². The molecule has 1 aliphatic rings. The summed E-state index contributed by atoms with van der Waals surface area (Å²) in [5.41, 5.74) is 2.00. The molecule has 1 aliphatic heterocycles. The van der Waals surface area contributed by atoms with Gasteiger partial charge in [0, 0.05) is 31.9 Å². The molecule has 0 atom stereocenters. The Morgan fingerprint density at radius 1 is 1.15 bits per heavy atom. The van der Waals surface area contributed by atoms with Gasteiger partial charge in [-0.1, -0.05) is 17.7 Å². The molecule has 5 nitrogen and oxygen atoms in total. The highest BCUT2D eigenvalue weighted by molar-refractivity contribution is 5.92. The van der Waals surface area contributed by atoms with Crippen LogP contribution in [0.1, 0.15) is 5.56 Å². The monoisotopic (exact) mass is 274 g/mol. The van der Waals surface area contributed by atoms with Gasteiger partial charge in [-0.15, -0.1) is 0 Å². The van der Waals surface area contributed by atoms with Gasteiger partial charge in [-0.2, -0.15) is 0 Å². The second kappa shape index (κ2) is 7.17. The number of benzene rings is 1. The van der Waals surface area contributed by atoms with Crippen molar-refractivity contribution in [1.82, 2.24) is 9.80 Å². The normalized spacial score (nSPS) is 16.9. The fraction of sp³-hybridized carbons (Fsp3) is 0.467. The Kier molecular flexibility index (Phi) is 5.26. The highest BCUT2D eigenvalue weighted by Gasteiger charge is 2.18. The van der Waals surface area contributed by atoms with E-state index in [0.717, 1.165) is 31.9 Å². The quantitative estimate of drug-likeness (QED) is 0.857. The van der Waals surface area contributed by atoms with E-state index >= 15 is 0 Å². The molecule has 0 saturated carbocycles. The third-order valence-electron chi connectivity index (χ3n) is 3.46. The average molecular weight is 274 g/mol. The number of carbonyl (C=O) groups excluding carboxylic acids is 2. The Morgan fingerprint density at radius 2 is 1.75 bits per heavy atom. The van der Waals surface area contributed by atoms with Gasteiger partial charge in [0.25, 0.3) is 0 Å². The van der Waals surface area contributed by atoms with Gasteiger partial charge in [0.15, 0.2) is 0 Å². The molecule has 2 rings (SSSR count). The van der Waals surface area contributed by atoms with Crippen molar-refractivity contribution < 1.29 is 9.59 Å². The Labute approximate surface area is 119 Å². The third-order valence-corrected chi connectivity index (χ3v) is 3.46. The summed E-state index contributed by atoms with van der Waals surface area (Å²) in [5, 5.41) is 2.90. The summed E-state index contributed by atoms with van der Waals surface area (Å²) >= 11 is 0. The van der Waals surface area contributed by atoms with Crippen molar-refractivity contribution in [2.75, 3.05) is 44.6 Å². The molecule has 1 aromatic carbocycles. The van der Waals surface area contributed by atoms with Crippen LogP contribution in [0.2, 0.25) is 0 Å². The molecule has 1 fully saturated rings. The third kappa shape index (κ3) is 4.43. The average Bonchev–Trinajstić information content (AvgIpc) is 2.44. The smallest absolute Gasteiger partial charge is 0.238 e. The molecule has 0 aromatic heterocycles. The van der Waals surface area contributed by atoms with Crippen molar-refractivity contribution >= 4 is 17.9 Å². The van der Waals surface area contributed by atoms with Gasteiger partial charge in [-0.25, -0.2) is 0 Å². The number of amides is 1. The van der Waals surface area contributed by atoms with Gasteiger partial charge in [-0.3, -0.25) is 19.4 Å². The molecule has 1 N–H and O–H groups in total. The minimum atomic E-state index is 0.00394. The van der Waals surface area contributed by atoms with Crippen molar-refractivity contribution in [3.63, 3.8) is 0 Å². The molecule has 0 aliphatic carbocycles. The number of nitrogens with one attached hydrogen (secondary N) is 1. The molecule has 20 heavy (non-hydrogen) atoms. The van der Waals surface area contributed by atoms with E-state index < -0.39 is 0 Å².